The number of carbonyl (C=O) groups is 1. The fraction of sp³-hybridized carbons (Fsp3) is 0.0400. The molecule has 4 aromatic rings. The van der Waals surface area contributed by atoms with Crippen molar-refractivity contribution in [3.8, 4) is 34.0 Å². The van der Waals surface area contributed by atoms with E-state index in [-0.39, 0.29) is 47.7 Å². The van der Waals surface area contributed by atoms with Gasteiger partial charge in [0.05, 0.1) is 22.4 Å². The molecule has 3 aromatic carbocycles. The molecule has 5 rings (SSSR count). The first-order chi connectivity index (χ1) is 16.4. The Morgan fingerprint density at radius 1 is 0.971 bits per heavy atom. The van der Waals surface area contributed by atoms with Crippen molar-refractivity contribution in [1.29, 1.82) is 0 Å². The Kier molecular flexibility index (Phi) is 7.81. The summed E-state index contributed by atoms with van der Waals surface area (Å²) in [6.07, 6.45) is 1.39. The van der Waals surface area contributed by atoms with E-state index < -0.39 is 5.97 Å². The van der Waals surface area contributed by atoms with Crippen LogP contribution in [-0.4, -0.2) is 22.7 Å². The van der Waals surface area contributed by atoms with Crippen LogP contribution < -0.4 is 44.1 Å². The number of aliphatic carboxylic acids is 1. The van der Waals surface area contributed by atoms with E-state index in [1.807, 2.05) is 6.07 Å². The number of carboxylic acids is 1. The van der Waals surface area contributed by atoms with E-state index in [9.17, 15) is 9.90 Å². The summed E-state index contributed by atoms with van der Waals surface area (Å²) in [4.78, 5) is 19.8. The molecule has 0 saturated heterocycles. The minimum atomic E-state index is -1.37. The van der Waals surface area contributed by atoms with Crippen LogP contribution in [0, 0.1) is 0 Å². The Bertz CT molecular complexity index is 1470. The maximum atomic E-state index is 11.9. The first-order valence-corrected chi connectivity index (χ1v) is 11.2. The molecular weight excluding hydrogens is 522 g/mol. The summed E-state index contributed by atoms with van der Waals surface area (Å²) >= 11 is 18.8. The number of aromatic nitrogens is 2. The van der Waals surface area contributed by atoms with Crippen LogP contribution >= 0.6 is 34.8 Å². The summed E-state index contributed by atoms with van der Waals surface area (Å²) in [6.45, 7) is 0.134. The number of imidazole rings is 1. The molecule has 6 nitrogen and oxygen atoms in total. The molecule has 0 unspecified atom stereocenters. The second kappa shape index (κ2) is 10.7. The van der Waals surface area contributed by atoms with Crippen LogP contribution in [0.4, 0.5) is 0 Å². The Hall–Kier alpha value is -2.45. The summed E-state index contributed by atoms with van der Waals surface area (Å²) in [6, 6.07) is 17.0. The van der Waals surface area contributed by atoms with E-state index in [0.29, 0.717) is 54.6 Å². The molecule has 0 atom stereocenters. The maximum Gasteiger partial charge on any atom is 1.00 e. The summed E-state index contributed by atoms with van der Waals surface area (Å²) < 4.78 is 10.9. The van der Waals surface area contributed by atoms with Gasteiger partial charge < -0.3 is 24.4 Å². The predicted molar refractivity (Wildman–Crippen MR) is 130 cm³/mol. The third kappa shape index (κ3) is 5.38. The van der Waals surface area contributed by atoms with E-state index in [2.05, 4.69) is 9.97 Å². The molecule has 2 heterocycles. The number of nitrogens with one attached hydrogen (secondary N) is 1. The number of ether oxygens (including phenoxy) is 2. The molecule has 0 spiro atoms. The van der Waals surface area contributed by atoms with Crippen molar-refractivity contribution in [2.45, 2.75) is 0 Å². The number of aromatic amines is 1. The van der Waals surface area contributed by atoms with E-state index >= 15 is 0 Å². The zero-order chi connectivity index (χ0) is 23.8. The van der Waals surface area contributed by atoms with Gasteiger partial charge in [0, 0.05) is 26.7 Å². The molecule has 10 heteroatoms. The third-order valence-electron chi connectivity index (χ3n) is 5.20. The summed E-state index contributed by atoms with van der Waals surface area (Å²) in [5.74, 6) is 0.112. The molecule has 1 aliphatic rings. The molecule has 0 amide bonds. The number of fused-ring (bicyclic) bond motifs is 1. The number of carboxylic acid groups (broad SMARTS) is 1. The van der Waals surface area contributed by atoms with E-state index in [1.165, 1.54) is 6.08 Å². The molecule has 0 aliphatic carbocycles. The molecular formula is C25H14Cl3N2NaO4. The van der Waals surface area contributed by atoms with Gasteiger partial charge in [-0.1, -0.05) is 46.9 Å². The van der Waals surface area contributed by atoms with Crippen LogP contribution in [0.3, 0.4) is 0 Å². The predicted octanol–water partition coefficient (Wildman–Crippen LogP) is 2.73. The summed E-state index contributed by atoms with van der Waals surface area (Å²) in [5, 5.41) is 13.3. The monoisotopic (exact) mass is 534 g/mol. The van der Waals surface area contributed by atoms with E-state index in [1.54, 1.807) is 54.6 Å². The summed E-state index contributed by atoms with van der Waals surface area (Å²) in [7, 11) is 0. The van der Waals surface area contributed by atoms with Crippen LogP contribution in [0.1, 0.15) is 11.4 Å². The molecule has 170 valence electrons. The standard InChI is InChI=1S/C25H15Cl3N2O4.Na/c26-15-3-1-2-13(8-15)17(25(31)32)11-22-29-23(14-4-7-20-21(9-14)34-12-33-20)24(30-22)18-10-16(27)5-6-19(18)28;/h1-11H,12H2,(H,29,30)(H,31,32);/q;+1/p-1/b17-11-;. The van der Waals surface area contributed by atoms with Gasteiger partial charge >= 0.3 is 29.6 Å². The van der Waals surface area contributed by atoms with Gasteiger partial charge in [0.25, 0.3) is 0 Å². The van der Waals surface area contributed by atoms with Crippen LogP contribution in [0.2, 0.25) is 15.1 Å². The van der Waals surface area contributed by atoms with Gasteiger partial charge in [-0.25, -0.2) is 4.98 Å². The van der Waals surface area contributed by atoms with Gasteiger partial charge in [0.2, 0.25) is 6.79 Å². The Morgan fingerprint density at radius 2 is 1.74 bits per heavy atom. The number of benzene rings is 3. The average molecular weight is 536 g/mol. The average Bonchev–Trinajstić information content (AvgIpc) is 3.45. The van der Waals surface area contributed by atoms with Crippen LogP contribution in [-0.2, 0) is 4.79 Å². The zero-order valence-electron chi connectivity index (χ0n) is 18.3. The number of rotatable bonds is 5. The third-order valence-corrected chi connectivity index (χ3v) is 6.00. The molecule has 1 aromatic heterocycles. The Balaban J connectivity index is 0.00000289. The minimum Gasteiger partial charge on any atom is -0.545 e. The molecule has 0 fully saturated rings. The molecule has 1 N–H and O–H groups in total. The number of halogens is 3. The van der Waals surface area contributed by atoms with Gasteiger partial charge in [0.1, 0.15) is 5.82 Å². The number of carbonyl (C=O) groups excluding carboxylic acids is 1. The van der Waals surface area contributed by atoms with Gasteiger partial charge in [-0.2, -0.15) is 0 Å². The molecule has 0 radical (unpaired) electrons. The summed E-state index contributed by atoms with van der Waals surface area (Å²) in [5.41, 5.74) is 2.70. The number of nitrogens with zero attached hydrogens (tertiary/aromatic N) is 1. The first-order valence-electron chi connectivity index (χ1n) is 10.0. The van der Waals surface area contributed by atoms with Crippen molar-refractivity contribution in [3.63, 3.8) is 0 Å². The molecule has 0 bridgehead atoms. The quantitative estimate of drug-likeness (QED) is 0.314. The molecule has 0 saturated carbocycles. The van der Waals surface area contributed by atoms with Gasteiger partial charge in [-0.3, -0.25) is 0 Å². The topological polar surface area (TPSA) is 87.3 Å². The second-order valence-corrected chi connectivity index (χ2v) is 8.67. The minimum absolute atomic E-state index is 0. The van der Waals surface area contributed by atoms with Gasteiger partial charge in [0.15, 0.2) is 11.5 Å². The fourth-order valence-corrected chi connectivity index (χ4v) is 4.22. The second-order valence-electron chi connectivity index (χ2n) is 7.39. The largest absolute Gasteiger partial charge is 1.00 e. The van der Waals surface area contributed by atoms with Crippen molar-refractivity contribution in [3.05, 3.63) is 87.1 Å². The Morgan fingerprint density at radius 3 is 2.51 bits per heavy atom. The van der Waals surface area contributed by atoms with Crippen LogP contribution in [0.5, 0.6) is 11.5 Å². The number of H-pyrrole nitrogens is 1. The van der Waals surface area contributed by atoms with Gasteiger partial charge in [-0.05, 0) is 60.2 Å². The normalized spacial score (nSPS) is 12.4. The van der Waals surface area contributed by atoms with Crippen molar-refractivity contribution in [2.24, 2.45) is 0 Å². The fourth-order valence-electron chi connectivity index (χ4n) is 3.65. The molecule has 1 aliphatic heterocycles. The SMILES string of the molecule is O=C([O-])/C(=C\c1nc(-c2ccc3c(c2)OCO3)c(-c2cc(Cl)ccc2Cl)[nH]1)c1cccc(Cl)c1.[Na+]. The van der Waals surface area contributed by atoms with Crippen molar-refractivity contribution < 1.29 is 48.9 Å². The number of hydrogen-bond acceptors (Lipinski definition) is 5. The van der Waals surface area contributed by atoms with E-state index in [4.69, 9.17) is 44.3 Å². The van der Waals surface area contributed by atoms with Crippen molar-refractivity contribution >= 4 is 52.4 Å². The molecule has 35 heavy (non-hydrogen) atoms. The maximum absolute atomic E-state index is 11.9. The van der Waals surface area contributed by atoms with Crippen LogP contribution in [0.15, 0.2) is 60.7 Å². The number of hydrogen-bond donors (Lipinski definition) is 1. The van der Waals surface area contributed by atoms with Crippen LogP contribution in [0.25, 0.3) is 34.2 Å². The first kappa shape index (κ1) is 25.6. The van der Waals surface area contributed by atoms with Gasteiger partial charge in [-0.15, -0.1) is 0 Å². The Labute approximate surface area is 237 Å². The van der Waals surface area contributed by atoms with E-state index in [0.717, 1.165) is 0 Å². The smallest absolute Gasteiger partial charge is 0.545 e. The van der Waals surface area contributed by atoms with Crippen molar-refractivity contribution in [1.82, 2.24) is 9.97 Å². The zero-order valence-corrected chi connectivity index (χ0v) is 22.5. The van der Waals surface area contributed by atoms with Crippen molar-refractivity contribution in [2.75, 3.05) is 6.79 Å².